The van der Waals surface area contributed by atoms with Crippen LogP contribution >= 0.6 is 11.3 Å². The number of amides is 1. The van der Waals surface area contributed by atoms with E-state index in [-0.39, 0.29) is 5.54 Å². The van der Waals surface area contributed by atoms with Crippen molar-refractivity contribution in [3.63, 3.8) is 0 Å². The van der Waals surface area contributed by atoms with Gasteiger partial charge in [-0.05, 0) is 45.1 Å². The van der Waals surface area contributed by atoms with E-state index in [2.05, 4.69) is 34.0 Å². The van der Waals surface area contributed by atoms with Crippen molar-refractivity contribution in [2.45, 2.75) is 65.0 Å². The van der Waals surface area contributed by atoms with Gasteiger partial charge in [0, 0.05) is 30.4 Å². The fraction of sp³-hybridized carbons (Fsp3) is 0.778. The largest absolute Gasteiger partial charge is 0.331 e. The van der Waals surface area contributed by atoms with Gasteiger partial charge in [-0.15, -0.1) is 11.3 Å². The van der Waals surface area contributed by atoms with Crippen molar-refractivity contribution in [3.8, 4) is 0 Å². The van der Waals surface area contributed by atoms with Gasteiger partial charge in [-0.3, -0.25) is 4.79 Å². The predicted molar refractivity (Wildman–Crippen MR) is 94.5 cm³/mol. The first-order valence-corrected chi connectivity index (χ1v) is 9.80. The van der Waals surface area contributed by atoms with Crippen LogP contribution in [0.15, 0.2) is 5.38 Å². The van der Waals surface area contributed by atoms with Crippen molar-refractivity contribution in [1.82, 2.24) is 14.8 Å². The van der Waals surface area contributed by atoms with Crippen LogP contribution in [0.3, 0.4) is 0 Å². The molecule has 1 unspecified atom stereocenters. The van der Waals surface area contributed by atoms with Crippen LogP contribution in [0.25, 0.3) is 0 Å². The third kappa shape index (κ3) is 3.77. The van der Waals surface area contributed by atoms with Gasteiger partial charge in [0.15, 0.2) is 0 Å². The van der Waals surface area contributed by atoms with E-state index in [1.54, 1.807) is 11.3 Å². The summed E-state index contributed by atoms with van der Waals surface area (Å²) in [5.41, 5.74) is 1.14. The lowest BCUT2D eigenvalue weighted by Gasteiger charge is -2.38. The molecule has 0 N–H and O–H groups in total. The Morgan fingerprint density at radius 1 is 1.30 bits per heavy atom. The Hall–Kier alpha value is -0.940. The van der Waals surface area contributed by atoms with Gasteiger partial charge in [0.25, 0.3) is 0 Å². The summed E-state index contributed by atoms with van der Waals surface area (Å²) in [5, 5.41) is 3.20. The van der Waals surface area contributed by atoms with E-state index in [1.807, 2.05) is 6.92 Å². The Balaban J connectivity index is 1.72. The predicted octanol–water partition coefficient (Wildman–Crippen LogP) is 3.45. The molecule has 0 saturated carbocycles. The molecule has 2 aliphatic heterocycles. The summed E-state index contributed by atoms with van der Waals surface area (Å²) in [4.78, 5) is 21.9. The van der Waals surface area contributed by atoms with Gasteiger partial charge in [-0.2, -0.15) is 0 Å². The van der Waals surface area contributed by atoms with Gasteiger partial charge in [-0.25, -0.2) is 4.98 Å². The molecular weight excluding hydrogens is 306 g/mol. The second kappa shape index (κ2) is 6.89. The van der Waals surface area contributed by atoms with Crippen molar-refractivity contribution in [3.05, 3.63) is 16.1 Å². The molecule has 0 aliphatic carbocycles. The maximum Gasteiger partial charge on any atom is 0.223 e. The van der Waals surface area contributed by atoms with E-state index in [0.717, 1.165) is 36.5 Å². The lowest BCUT2D eigenvalue weighted by molar-refractivity contribution is -0.132. The summed E-state index contributed by atoms with van der Waals surface area (Å²) >= 11 is 1.68. The van der Waals surface area contributed by atoms with Gasteiger partial charge >= 0.3 is 0 Å². The van der Waals surface area contributed by atoms with E-state index in [0.29, 0.717) is 24.8 Å². The first-order chi connectivity index (χ1) is 11.0. The number of aryl methyl sites for hydroxylation is 1. The lowest BCUT2D eigenvalue weighted by atomic mass is 9.87. The standard InChI is InChI=1S/C18H29N3OS/c1-14(2)11-20-9-4-6-18(8-10-20)7-5-17(22)21(18)12-16-13-23-15(3)19-16/h13-14H,4-12H2,1-3H3. The monoisotopic (exact) mass is 335 g/mol. The van der Waals surface area contributed by atoms with Crippen molar-refractivity contribution in [2.24, 2.45) is 5.92 Å². The van der Waals surface area contributed by atoms with Gasteiger partial charge in [0.05, 0.1) is 17.2 Å². The number of aromatic nitrogens is 1. The Morgan fingerprint density at radius 3 is 2.83 bits per heavy atom. The maximum absolute atomic E-state index is 12.5. The SMILES string of the molecule is Cc1nc(CN2C(=O)CCC23CCCN(CC(C)C)CC3)cs1. The zero-order chi connectivity index (χ0) is 16.4. The van der Waals surface area contributed by atoms with Crippen molar-refractivity contribution >= 4 is 17.2 Å². The van der Waals surface area contributed by atoms with Gasteiger partial charge in [-0.1, -0.05) is 13.8 Å². The molecule has 3 rings (SSSR count). The number of hydrogen-bond acceptors (Lipinski definition) is 4. The number of carbonyl (C=O) groups is 1. The highest BCUT2D eigenvalue weighted by Gasteiger charge is 2.45. The third-order valence-electron chi connectivity index (χ3n) is 5.30. The molecule has 1 aromatic rings. The number of thiazole rings is 1. The highest BCUT2D eigenvalue weighted by atomic mass is 32.1. The summed E-state index contributed by atoms with van der Waals surface area (Å²) in [6, 6.07) is 0. The minimum Gasteiger partial charge on any atom is -0.331 e. The van der Waals surface area contributed by atoms with Gasteiger partial charge in [0.1, 0.15) is 0 Å². The quantitative estimate of drug-likeness (QED) is 0.845. The van der Waals surface area contributed by atoms with E-state index in [1.165, 1.54) is 19.5 Å². The van der Waals surface area contributed by atoms with E-state index in [9.17, 15) is 4.79 Å². The van der Waals surface area contributed by atoms with Crippen LogP contribution in [0.4, 0.5) is 0 Å². The Morgan fingerprint density at radius 2 is 2.13 bits per heavy atom. The number of likely N-dealkylation sites (tertiary alicyclic amines) is 2. The van der Waals surface area contributed by atoms with Crippen molar-refractivity contribution < 1.29 is 4.79 Å². The molecule has 1 aromatic heterocycles. The number of carbonyl (C=O) groups excluding carboxylic acids is 1. The first-order valence-electron chi connectivity index (χ1n) is 8.92. The number of rotatable bonds is 4. The molecular formula is C18H29N3OS. The van der Waals surface area contributed by atoms with Crippen LogP contribution < -0.4 is 0 Å². The Bertz CT molecular complexity index is 556. The van der Waals surface area contributed by atoms with Crippen LogP contribution in [0.5, 0.6) is 0 Å². The fourth-order valence-corrected chi connectivity index (χ4v) is 4.83. The Kier molecular flexibility index (Phi) is 5.07. The van der Waals surface area contributed by atoms with Gasteiger partial charge < -0.3 is 9.80 Å². The van der Waals surface area contributed by atoms with Gasteiger partial charge in [0.2, 0.25) is 5.91 Å². The summed E-state index contributed by atoms with van der Waals surface area (Å²) in [5.74, 6) is 1.04. The zero-order valence-electron chi connectivity index (χ0n) is 14.7. The molecule has 1 amide bonds. The summed E-state index contributed by atoms with van der Waals surface area (Å²) in [6.45, 7) is 10.8. The van der Waals surface area contributed by atoms with E-state index >= 15 is 0 Å². The minimum absolute atomic E-state index is 0.0837. The zero-order valence-corrected chi connectivity index (χ0v) is 15.5. The third-order valence-corrected chi connectivity index (χ3v) is 6.12. The smallest absolute Gasteiger partial charge is 0.223 e. The molecule has 4 nitrogen and oxygen atoms in total. The molecule has 1 atom stereocenters. The molecule has 0 radical (unpaired) electrons. The maximum atomic E-state index is 12.5. The minimum atomic E-state index is 0.0837. The summed E-state index contributed by atoms with van der Waals surface area (Å²) in [6.07, 6.45) is 5.22. The van der Waals surface area contributed by atoms with Crippen LogP contribution in [0.1, 0.15) is 56.7 Å². The highest BCUT2D eigenvalue weighted by molar-refractivity contribution is 7.09. The average Bonchev–Trinajstić information content (AvgIpc) is 2.95. The van der Waals surface area contributed by atoms with E-state index < -0.39 is 0 Å². The van der Waals surface area contributed by atoms with Crippen LogP contribution in [0, 0.1) is 12.8 Å². The van der Waals surface area contributed by atoms with Crippen LogP contribution in [-0.4, -0.2) is 45.9 Å². The van der Waals surface area contributed by atoms with Crippen LogP contribution in [0.2, 0.25) is 0 Å². The van der Waals surface area contributed by atoms with Crippen LogP contribution in [-0.2, 0) is 11.3 Å². The highest BCUT2D eigenvalue weighted by Crippen LogP contribution is 2.40. The molecule has 0 aromatic carbocycles. The number of hydrogen-bond donors (Lipinski definition) is 0. The molecule has 128 valence electrons. The molecule has 3 heterocycles. The summed E-state index contributed by atoms with van der Waals surface area (Å²) in [7, 11) is 0. The second-order valence-electron chi connectivity index (χ2n) is 7.61. The lowest BCUT2D eigenvalue weighted by Crippen LogP contribution is -2.46. The molecule has 2 aliphatic rings. The second-order valence-corrected chi connectivity index (χ2v) is 8.67. The normalized spacial score (nSPS) is 26.4. The molecule has 2 saturated heterocycles. The molecule has 0 bridgehead atoms. The fourth-order valence-electron chi connectivity index (χ4n) is 4.23. The Labute approximate surface area is 143 Å². The molecule has 2 fully saturated rings. The number of nitrogens with zero attached hydrogens (tertiary/aromatic N) is 3. The molecule has 5 heteroatoms. The van der Waals surface area contributed by atoms with Crippen molar-refractivity contribution in [2.75, 3.05) is 19.6 Å². The summed E-state index contributed by atoms with van der Waals surface area (Å²) < 4.78 is 0. The molecule has 1 spiro atoms. The van der Waals surface area contributed by atoms with E-state index in [4.69, 9.17) is 0 Å². The average molecular weight is 336 g/mol. The first kappa shape index (κ1) is 16.9. The topological polar surface area (TPSA) is 36.4 Å². The van der Waals surface area contributed by atoms with Crippen molar-refractivity contribution in [1.29, 1.82) is 0 Å². The molecule has 23 heavy (non-hydrogen) atoms.